The molecule has 3 atom stereocenters. The van der Waals surface area contributed by atoms with Crippen LogP contribution in [0.3, 0.4) is 0 Å². The van der Waals surface area contributed by atoms with Crippen molar-refractivity contribution in [2.75, 3.05) is 19.6 Å². The highest BCUT2D eigenvalue weighted by Gasteiger charge is 2.42. The Balaban J connectivity index is 1.42. The summed E-state index contributed by atoms with van der Waals surface area (Å²) in [4.78, 5) is 14.2. The molecule has 0 radical (unpaired) electrons. The summed E-state index contributed by atoms with van der Waals surface area (Å²) in [6.07, 6.45) is 3.92. The summed E-state index contributed by atoms with van der Waals surface area (Å²) in [5, 5.41) is 3.81. The standard InChI is InChI=1S/C25H32FN3O/c1-18(27)24(30)29-13-11-25(12-14-29,16-19-7-9-21(26)10-8-19)17-28-23-15-22(23)20-5-3-2-4-6-20/h2-10,18,22-23,28H,11-17,27H2,1H3/t18-,22-,23+/m0/s1. The zero-order valence-corrected chi connectivity index (χ0v) is 17.7. The molecule has 0 bridgehead atoms. The molecule has 160 valence electrons. The fourth-order valence-electron chi connectivity index (χ4n) is 4.78. The van der Waals surface area contributed by atoms with E-state index in [0.717, 1.165) is 44.5 Å². The van der Waals surface area contributed by atoms with E-state index in [2.05, 4.69) is 35.6 Å². The predicted octanol–water partition coefficient (Wildman–Crippen LogP) is 3.47. The molecule has 5 heteroatoms. The number of piperidine rings is 1. The average molecular weight is 410 g/mol. The first-order valence-electron chi connectivity index (χ1n) is 11.0. The maximum Gasteiger partial charge on any atom is 0.239 e. The van der Waals surface area contributed by atoms with Crippen molar-refractivity contribution in [2.45, 2.75) is 50.6 Å². The number of benzene rings is 2. The molecule has 2 aromatic rings. The molecule has 1 heterocycles. The van der Waals surface area contributed by atoms with Crippen LogP contribution in [0.25, 0.3) is 0 Å². The summed E-state index contributed by atoms with van der Waals surface area (Å²) in [6, 6.07) is 17.6. The van der Waals surface area contributed by atoms with Crippen molar-refractivity contribution in [1.82, 2.24) is 10.2 Å². The number of likely N-dealkylation sites (tertiary alicyclic amines) is 1. The van der Waals surface area contributed by atoms with Gasteiger partial charge in [0.15, 0.2) is 0 Å². The maximum atomic E-state index is 13.4. The molecular formula is C25H32FN3O. The number of amides is 1. The van der Waals surface area contributed by atoms with Gasteiger partial charge < -0.3 is 16.0 Å². The lowest BCUT2D eigenvalue weighted by Gasteiger charge is -2.43. The van der Waals surface area contributed by atoms with Gasteiger partial charge in [-0.05, 0) is 61.3 Å². The van der Waals surface area contributed by atoms with Crippen molar-refractivity contribution in [3.63, 3.8) is 0 Å². The van der Waals surface area contributed by atoms with Crippen LogP contribution in [0.1, 0.15) is 43.2 Å². The van der Waals surface area contributed by atoms with Crippen LogP contribution < -0.4 is 11.1 Å². The summed E-state index contributed by atoms with van der Waals surface area (Å²) < 4.78 is 13.4. The van der Waals surface area contributed by atoms with Crippen LogP contribution in [0, 0.1) is 11.2 Å². The van der Waals surface area contributed by atoms with E-state index in [1.54, 1.807) is 6.92 Å². The Hall–Kier alpha value is -2.24. The van der Waals surface area contributed by atoms with Gasteiger partial charge in [-0.1, -0.05) is 42.5 Å². The molecular weight excluding hydrogens is 377 g/mol. The minimum absolute atomic E-state index is 0.0321. The van der Waals surface area contributed by atoms with E-state index >= 15 is 0 Å². The summed E-state index contributed by atoms with van der Waals surface area (Å²) in [5.74, 6) is 0.422. The van der Waals surface area contributed by atoms with Gasteiger partial charge in [-0.2, -0.15) is 0 Å². The summed E-state index contributed by atoms with van der Waals surface area (Å²) >= 11 is 0. The molecule has 30 heavy (non-hydrogen) atoms. The molecule has 0 aromatic heterocycles. The number of carbonyl (C=O) groups excluding carboxylic acids is 1. The van der Waals surface area contributed by atoms with Crippen LogP contribution in [-0.2, 0) is 11.2 Å². The van der Waals surface area contributed by atoms with Gasteiger partial charge in [0, 0.05) is 31.6 Å². The third-order valence-corrected chi connectivity index (χ3v) is 6.78. The van der Waals surface area contributed by atoms with Gasteiger partial charge in [-0.15, -0.1) is 0 Å². The Morgan fingerprint density at radius 3 is 2.47 bits per heavy atom. The van der Waals surface area contributed by atoms with Crippen LogP contribution in [0.15, 0.2) is 54.6 Å². The monoisotopic (exact) mass is 409 g/mol. The first kappa shape index (κ1) is 21.0. The average Bonchev–Trinajstić information content (AvgIpc) is 3.55. The van der Waals surface area contributed by atoms with Crippen molar-refractivity contribution in [3.8, 4) is 0 Å². The number of carbonyl (C=O) groups is 1. The Bertz CT molecular complexity index is 844. The molecule has 0 unspecified atom stereocenters. The van der Waals surface area contributed by atoms with Crippen LogP contribution in [0.5, 0.6) is 0 Å². The zero-order chi connectivity index (χ0) is 21.1. The minimum atomic E-state index is -0.453. The first-order chi connectivity index (χ1) is 14.5. The number of rotatable bonds is 7. The van der Waals surface area contributed by atoms with Crippen molar-refractivity contribution in [2.24, 2.45) is 11.1 Å². The molecule has 1 saturated heterocycles. The second-order valence-electron chi connectivity index (χ2n) is 9.16. The van der Waals surface area contributed by atoms with Crippen molar-refractivity contribution >= 4 is 5.91 Å². The van der Waals surface area contributed by atoms with Crippen molar-refractivity contribution in [1.29, 1.82) is 0 Å². The van der Waals surface area contributed by atoms with Crippen LogP contribution in [-0.4, -0.2) is 42.5 Å². The molecule has 2 fully saturated rings. The fourth-order valence-corrected chi connectivity index (χ4v) is 4.78. The molecule has 1 amide bonds. The predicted molar refractivity (Wildman–Crippen MR) is 118 cm³/mol. The van der Waals surface area contributed by atoms with Gasteiger partial charge in [0.25, 0.3) is 0 Å². The Kier molecular flexibility index (Phi) is 6.21. The van der Waals surface area contributed by atoms with E-state index in [-0.39, 0.29) is 17.1 Å². The topological polar surface area (TPSA) is 58.4 Å². The van der Waals surface area contributed by atoms with Crippen LogP contribution in [0.4, 0.5) is 4.39 Å². The molecule has 2 aromatic carbocycles. The molecule has 3 N–H and O–H groups in total. The van der Waals surface area contributed by atoms with Crippen LogP contribution in [0.2, 0.25) is 0 Å². The van der Waals surface area contributed by atoms with Gasteiger partial charge >= 0.3 is 0 Å². The van der Waals surface area contributed by atoms with E-state index in [1.807, 2.05) is 17.0 Å². The van der Waals surface area contributed by atoms with Gasteiger partial charge in [-0.3, -0.25) is 4.79 Å². The van der Waals surface area contributed by atoms with Gasteiger partial charge in [0.2, 0.25) is 5.91 Å². The van der Waals surface area contributed by atoms with E-state index in [9.17, 15) is 9.18 Å². The molecule has 1 aliphatic heterocycles. The minimum Gasteiger partial charge on any atom is -0.341 e. The highest BCUT2D eigenvalue weighted by Crippen LogP contribution is 2.42. The lowest BCUT2D eigenvalue weighted by molar-refractivity contribution is -0.134. The highest BCUT2D eigenvalue weighted by molar-refractivity contribution is 5.81. The Morgan fingerprint density at radius 2 is 1.83 bits per heavy atom. The third kappa shape index (κ3) is 4.90. The number of hydrogen-bond acceptors (Lipinski definition) is 3. The van der Waals surface area contributed by atoms with Gasteiger partial charge in [-0.25, -0.2) is 4.39 Å². The largest absolute Gasteiger partial charge is 0.341 e. The Labute approximate surface area is 178 Å². The summed E-state index contributed by atoms with van der Waals surface area (Å²) in [6.45, 7) is 4.13. The highest BCUT2D eigenvalue weighted by atomic mass is 19.1. The number of nitrogens with one attached hydrogen (secondary N) is 1. The van der Waals surface area contributed by atoms with E-state index in [4.69, 9.17) is 5.73 Å². The number of hydrogen-bond donors (Lipinski definition) is 2. The van der Waals surface area contributed by atoms with Gasteiger partial charge in [0.05, 0.1) is 6.04 Å². The SMILES string of the molecule is C[C@H](N)C(=O)N1CCC(CN[C@@H]2C[C@H]2c2ccccc2)(Cc2ccc(F)cc2)CC1. The van der Waals surface area contributed by atoms with E-state index < -0.39 is 6.04 Å². The Morgan fingerprint density at radius 1 is 1.17 bits per heavy atom. The summed E-state index contributed by atoms with van der Waals surface area (Å²) in [5.41, 5.74) is 8.43. The van der Waals surface area contributed by atoms with E-state index in [1.165, 1.54) is 24.1 Å². The molecule has 1 aliphatic carbocycles. The second kappa shape index (κ2) is 8.86. The molecule has 2 aliphatic rings. The maximum absolute atomic E-state index is 13.4. The smallest absolute Gasteiger partial charge is 0.239 e. The van der Waals surface area contributed by atoms with Crippen LogP contribution >= 0.6 is 0 Å². The van der Waals surface area contributed by atoms with Crippen molar-refractivity contribution in [3.05, 3.63) is 71.5 Å². The molecule has 1 saturated carbocycles. The number of nitrogens with zero attached hydrogens (tertiary/aromatic N) is 1. The van der Waals surface area contributed by atoms with E-state index in [0.29, 0.717) is 12.0 Å². The second-order valence-corrected chi connectivity index (χ2v) is 9.16. The molecule has 4 nitrogen and oxygen atoms in total. The number of nitrogens with two attached hydrogens (primary N) is 1. The molecule has 0 spiro atoms. The lowest BCUT2D eigenvalue weighted by Crippen LogP contribution is -2.51. The fraction of sp³-hybridized carbons (Fsp3) is 0.480. The zero-order valence-electron chi connectivity index (χ0n) is 17.7. The quantitative estimate of drug-likeness (QED) is 0.736. The normalized spacial score (nSPS) is 23.8. The van der Waals surface area contributed by atoms with Gasteiger partial charge in [0.1, 0.15) is 5.82 Å². The third-order valence-electron chi connectivity index (χ3n) is 6.78. The number of halogens is 1. The summed E-state index contributed by atoms with van der Waals surface area (Å²) in [7, 11) is 0. The van der Waals surface area contributed by atoms with Crippen molar-refractivity contribution < 1.29 is 9.18 Å². The molecule has 4 rings (SSSR count). The first-order valence-corrected chi connectivity index (χ1v) is 11.0. The lowest BCUT2D eigenvalue weighted by atomic mass is 9.73.